The molecule has 0 atom stereocenters. The number of nitriles is 1. The molecule has 0 aliphatic heterocycles. The standard InChI is InChI=1S/C17H14N4O2/c1-11-5-6-16-14(7-11)15(21-23-16)10-19-17(22)20-13-4-2-3-12(8-13)9-18/h2-8H,10H2,1H3,(H2,19,20,22). The molecule has 1 aromatic heterocycles. The number of urea groups is 1. The minimum atomic E-state index is -0.371. The molecule has 0 saturated heterocycles. The van der Waals surface area contributed by atoms with Crippen molar-refractivity contribution in [3.05, 3.63) is 59.3 Å². The third-order valence-corrected chi connectivity index (χ3v) is 3.37. The maximum atomic E-state index is 11.9. The molecule has 2 amide bonds. The number of rotatable bonds is 3. The molecule has 0 unspecified atom stereocenters. The summed E-state index contributed by atoms with van der Waals surface area (Å²) < 4.78 is 5.23. The van der Waals surface area contributed by atoms with Gasteiger partial charge in [0.1, 0.15) is 5.69 Å². The minimum absolute atomic E-state index is 0.250. The molecular weight excluding hydrogens is 292 g/mol. The van der Waals surface area contributed by atoms with Crippen LogP contribution in [0.3, 0.4) is 0 Å². The van der Waals surface area contributed by atoms with Crippen molar-refractivity contribution in [1.82, 2.24) is 10.5 Å². The Morgan fingerprint density at radius 2 is 2.17 bits per heavy atom. The number of amides is 2. The molecule has 0 fully saturated rings. The summed E-state index contributed by atoms with van der Waals surface area (Å²) in [4.78, 5) is 11.9. The van der Waals surface area contributed by atoms with Crippen molar-refractivity contribution >= 4 is 22.7 Å². The highest BCUT2D eigenvalue weighted by Crippen LogP contribution is 2.19. The molecule has 0 radical (unpaired) electrons. The third kappa shape index (κ3) is 3.30. The first-order valence-electron chi connectivity index (χ1n) is 7.05. The van der Waals surface area contributed by atoms with Gasteiger partial charge in [-0.3, -0.25) is 0 Å². The molecule has 0 bridgehead atoms. The average molecular weight is 306 g/mol. The lowest BCUT2D eigenvalue weighted by Gasteiger charge is -2.06. The number of hydrogen-bond acceptors (Lipinski definition) is 4. The Labute approximate surface area is 132 Å². The predicted molar refractivity (Wildman–Crippen MR) is 85.8 cm³/mol. The van der Waals surface area contributed by atoms with Crippen LogP contribution in [0.5, 0.6) is 0 Å². The summed E-state index contributed by atoms with van der Waals surface area (Å²) in [5, 5.41) is 19.1. The van der Waals surface area contributed by atoms with E-state index in [0.717, 1.165) is 10.9 Å². The molecule has 2 N–H and O–H groups in total. The molecule has 3 aromatic rings. The summed E-state index contributed by atoms with van der Waals surface area (Å²) in [5.74, 6) is 0. The van der Waals surface area contributed by atoms with Crippen LogP contribution >= 0.6 is 0 Å². The first kappa shape index (κ1) is 14.6. The van der Waals surface area contributed by atoms with Crippen LogP contribution in [0.1, 0.15) is 16.8 Å². The zero-order chi connectivity index (χ0) is 16.2. The molecule has 1 heterocycles. The highest BCUT2D eigenvalue weighted by Gasteiger charge is 2.10. The van der Waals surface area contributed by atoms with Crippen molar-refractivity contribution in [1.29, 1.82) is 5.26 Å². The Morgan fingerprint density at radius 1 is 1.30 bits per heavy atom. The van der Waals surface area contributed by atoms with E-state index < -0.39 is 0 Å². The number of nitrogens with zero attached hydrogens (tertiary/aromatic N) is 2. The molecular formula is C17H14N4O2. The van der Waals surface area contributed by atoms with Crippen LogP contribution in [0.15, 0.2) is 47.0 Å². The summed E-state index contributed by atoms with van der Waals surface area (Å²) in [7, 11) is 0. The van der Waals surface area contributed by atoms with Gasteiger partial charge in [-0.1, -0.05) is 22.9 Å². The van der Waals surface area contributed by atoms with E-state index in [4.69, 9.17) is 9.78 Å². The van der Waals surface area contributed by atoms with Crippen LogP contribution in [0.4, 0.5) is 10.5 Å². The lowest BCUT2D eigenvalue weighted by Crippen LogP contribution is -2.28. The second-order valence-corrected chi connectivity index (χ2v) is 5.13. The van der Waals surface area contributed by atoms with Crippen LogP contribution < -0.4 is 10.6 Å². The largest absolute Gasteiger partial charge is 0.356 e. The summed E-state index contributed by atoms with van der Waals surface area (Å²) >= 11 is 0. The number of hydrogen-bond donors (Lipinski definition) is 2. The molecule has 0 spiro atoms. The number of aryl methyl sites for hydroxylation is 1. The summed E-state index contributed by atoms with van der Waals surface area (Å²) in [6, 6.07) is 14.1. The fraction of sp³-hybridized carbons (Fsp3) is 0.118. The molecule has 114 valence electrons. The van der Waals surface area contributed by atoms with Crippen molar-refractivity contribution in [2.24, 2.45) is 0 Å². The van der Waals surface area contributed by atoms with Gasteiger partial charge in [-0.15, -0.1) is 0 Å². The number of carbonyl (C=O) groups is 1. The van der Waals surface area contributed by atoms with Gasteiger partial charge in [-0.05, 0) is 37.3 Å². The first-order valence-corrected chi connectivity index (χ1v) is 7.05. The first-order chi connectivity index (χ1) is 11.2. The minimum Gasteiger partial charge on any atom is -0.356 e. The third-order valence-electron chi connectivity index (χ3n) is 3.37. The zero-order valence-corrected chi connectivity index (χ0v) is 12.5. The maximum absolute atomic E-state index is 11.9. The van der Waals surface area contributed by atoms with Gasteiger partial charge in [0.05, 0.1) is 18.2 Å². The van der Waals surface area contributed by atoms with Gasteiger partial charge in [0.2, 0.25) is 0 Å². The van der Waals surface area contributed by atoms with Crippen LogP contribution in [-0.2, 0) is 6.54 Å². The van der Waals surface area contributed by atoms with E-state index in [2.05, 4.69) is 15.8 Å². The van der Waals surface area contributed by atoms with Crippen molar-refractivity contribution in [2.45, 2.75) is 13.5 Å². The Kier molecular flexibility index (Phi) is 3.93. The second kappa shape index (κ2) is 6.20. The van der Waals surface area contributed by atoms with Gasteiger partial charge in [-0.25, -0.2) is 4.79 Å². The lowest BCUT2D eigenvalue weighted by atomic mass is 10.1. The molecule has 0 saturated carbocycles. The Bertz CT molecular complexity index is 908. The van der Waals surface area contributed by atoms with Gasteiger partial charge < -0.3 is 15.2 Å². The molecule has 0 aliphatic rings. The summed E-state index contributed by atoms with van der Waals surface area (Å²) in [6.07, 6.45) is 0. The number of aromatic nitrogens is 1. The number of nitrogens with one attached hydrogen (secondary N) is 2. The molecule has 0 aliphatic carbocycles. The van der Waals surface area contributed by atoms with Gasteiger partial charge in [0.25, 0.3) is 0 Å². The monoisotopic (exact) mass is 306 g/mol. The van der Waals surface area contributed by atoms with Crippen LogP contribution in [0, 0.1) is 18.3 Å². The molecule has 2 aromatic carbocycles. The quantitative estimate of drug-likeness (QED) is 0.776. The molecule has 6 heteroatoms. The van der Waals surface area contributed by atoms with Crippen molar-refractivity contribution < 1.29 is 9.32 Å². The number of anilines is 1. The van der Waals surface area contributed by atoms with Gasteiger partial charge in [-0.2, -0.15) is 5.26 Å². The van der Waals surface area contributed by atoms with Crippen molar-refractivity contribution in [2.75, 3.05) is 5.32 Å². The van der Waals surface area contributed by atoms with Crippen LogP contribution in [-0.4, -0.2) is 11.2 Å². The zero-order valence-electron chi connectivity index (χ0n) is 12.5. The smallest absolute Gasteiger partial charge is 0.319 e. The fourth-order valence-corrected chi connectivity index (χ4v) is 2.24. The lowest BCUT2D eigenvalue weighted by molar-refractivity contribution is 0.251. The molecule has 6 nitrogen and oxygen atoms in total. The molecule has 23 heavy (non-hydrogen) atoms. The Balaban J connectivity index is 1.66. The topological polar surface area (TPSA) is 90.9 Å². The van der Waals surface area contributed by atoms with E-state index in [0.29, 0.717) is 22.5 Å². The van der Waals surface area contributed by atoms with Gasteiger partial charge in [0.15, 0.2) is 5.58 Å². The Morgan fingerprint density at radius 3 is 3.00 bits per heavy atom. The maximum Gasteiger partial charge on any atom is 0.319 e. The predicted octanol–water partition coefficient (Wildman–Crippen LogP) is 3.33. The number of benzene rings is 2. The highest BCUT2D eigenvalue weighted by atomic mass is 16.5. The fourth-order valence-electron chi connectivity index (χ4n) is 2.24. The van der Waals surface area contributed by atoms with E-state index in [1.165, 1.54) is 0 Å². The normalized spacial score (nSPS) is 10.3. The van der Waals surface area contributed by atoms with E-state index in [1.54, 1.807) is 24.3 Å². The van der Waals surface area contributed by atoms with Gasteiger partial charge in [0, 0.05) is 11.1 Å². The summed E-state index contributed by atoms with van der Waals surface area (Å²) in [5.41, 5.74) is 3.50. The van der Waals surface area contributed by atoms with E-state index >= 15 is 0 Å². The van der Waals surface area contributed by atoms with Crippen LogP contribution in [0.2, 0.25) is 0 Å². The van der Waals surface area contributed by atoms with E-state index in [1.807, 2.05) is 31.2 Å². The Hall–Kier alpha value is -3.33. The highest BCUT2D eigenvalue weighted by molar-refractivity contribution is 5.89. The van der Waals surface area contributed by atoms with Gasteiger partial charge >= 0.3 is 6.03 Å². The SMILES string of the molecule is Cc1ccc2onc(CNC(=O)Nc3cccc(C#N)c3)c2c1. The van der Waals surface area contributed by atoms with E-state index in [9.17, 15) is 4.79 Å². The number of fused-ring (bicyclic) bond motifs is 1. The van der Waals surface area contributed by atoms with Crippen molar-refractivity contribution in [3.63, 3.8) is 0 Å². The average Bonchev–Trinajstić information content (AvgIpc) is 2.95. The second-order valence-electron chi connectivity index (χ2n) is 5.13. The molecule has 3 rings (SSSR count). The number of carbonyl (C=O) groups excluding carboxylic acids is 1. The summed E-state index contributed by atoms with van der Waals surface area (Å²) in [6.45, 7) is 2.23. The van der Waals surface area contributed by atoms with Crippen molar-refractivity contribution in [3.8, 4) is 6.07 Å². The van der Waals surface area contributed by atoms with E-state index in [-0.39, 0.29) is 12.6 Å². The van der Waals surface area contributed by atoms with Crippen LogP contribution in [0.25, 0.3) is 11.0 Å².